The number of piperidine rings is 1. The summed E-state index contributed by atoms with van der Waals surface area (Å²) in [6.45, 7) is 1.97. The molecule has 1 saturated heterocycles. The van der Waals surface area contributed by atoms with Crippen molar-refractivity contribution in [2.24, 2.45) is 11.8 Å². The second-order valence-electron chi connectivity index (χ2n) is 10.0. The molecule has 42 heavy (non-hydrogen) atoms. The number of alkyl halides is 2. The normalized spacial score (nSPS) is 17.6. The van der Waals surface area contributed by atoms with E-state index in [2.05, 4.69) is 30.4 Å². The van der Waals surface area contributed by atoms with E-state index >= 15 is 0 Å². The zero-order valence-corrected chi connectivity index (χ0v) is 22.7. The average molecular weight is 599 g/mol. The fraction of sp³-hybridized carbons (Fsp3) is 0.296. The van der Waals surface area contributed by atoms with Crippen LogP contribution in [0.15, 0.2) is 36.9 Å². The minimum absolute atomic E-state index is 0.0674. The maximum absolute atomic E-state index is 14.7. The molecular formula is C27H22ClF3N8O3. The summed E-state index contributed by atoms with van der Waals surface area (Å²) >= 11 is 5.78. The standard InChI is InChI=1S/C27H22ClF3N8O3/c1-12-14(5-33-27(35-12)39-9-13-4-17(13)26(39)42)8-38-10-15(6-34-38)36-25(41)23-20(11-40)37-19(7-32-23)21-16(24(30)31)2-3-18(28)22(21)29/h2-3,5-7,10,13,17,24,40H,4,8-9,11H2,1H3,(H,36,41)/t13-,17-/m1/s1. The number of hydrogen-bond donors (Lipinski definition) is 2. The lowest BCUT2D eigenvalue weighted by molar-refractivity contribution is -0.118. The van der Waals surface area contributed by atoms with E-state index in [4.69, 9.17) is 11.6 Å². The molecule has 1 saturated carbocycles. The third-order valence-electron chi connectivity index (χ3n) is 7.28. The lowest BCUT2D eigenvalue weighted by Gasteiger charge is -2.17. The molecule has 2 fully saturated rings. The van der Waals surface area contributed by atoms with E-state index in [0.29, 0.717) is 29.8 Å². The predicted molar refractivity (Wildman–Crippen MR) is 143 cm³/mol. The molecule has 0 radical (unpaired) electrons. The Balaban J connectivity index is 1.17. The number of rotatable bonds is 8. The van der Waals surface area contributed by atoms with E-state index in [1.165, 1.54) is 6.20 Å². The van der Waals surface area contributed by atoms with Crippen molar-refractivity contribution < 1.29 is 27.9 Å². The summed E-state index contributed by atoms with van der Waals surface area (Å²) in [5.41, 5.74) is -0.330. The summed E-state index contributed by atoms with van der Waals surface area (Å²) in [6, 6.07) is 1.98. The molecule has 15 heteroatoms. The number of amides is 2. The Kier molecular flexibility index (Phi) is 7.10. The summed E-state index contributed by atoms with van der Waals surface area (Å²) in [4.78, 5) is 43.8. The van der Waals surface area contributed by atoms with Crippen LogP contribution in [0.5, 0.6) is 0 Å². The number of aromatic nitrogens is 6. The molecule has 2 amide bonds. The van der Waals surface area contributed by atoms with E-state index in [1.807, 2.05) is 6.92 Å². The van der Waals surface area contributed by atoms with Crippen LogP contribution in [0.3, 0.4) is 0 Å². The van der Waals surface area contributed by atoms with Gasteiger partial charge in [0.15, 0.2) is 11.5 Å². The van der Waals surface area contributed by atoms with Gasteiger partial charge in [0.05, 0.1) is 47.6 Å². The highest BCUT2D eigenvalue weighted by Gasteiger charge is 2.53. The Bertz CT molecular complexity index is 1730. The van der Waals surface area contributed by atoms with Crippen molar-refractivity contribution in [2.75, 3.05) is 16.8 Å². The van der Waals surface area contributed by atoms with Crippen LogP contribution in [-0.4, -0.2) is 53.2 Å². The van der Waals surface area contributed by atoms with Gasteiger partial charge in [0.2, 0.25) is 11.9 Å². The SMILES string of the molecule is Cc1nc(N2C[C@H]3C[C@H]3C2=O)ncc1Cn1cc(NC(=O)c2ncc(-c3c(C(F)F)ccc(Cl)c3F)nc2CO)cn1. The summed E-state index contributed by atoms with van der Waals surface area (Å²) < 4.78 is 43.3. The van der Waals surface area contributed by atoms with Crippen molar-refractivity contribution in [3.63, 3.8) is 0 Å². The van der Waals surface area contributed by atoms with Gasteiger partial charge in [0.25, 0.3) is 12.3 Å². The lowest BCUT2D eigenvalue weighted by Crippen LogP contribution is -2.30. The number of fused-ring (bicyclic) bond motifs is 1. The molecule has 1 aromatic carbocycles. The number of aryl methyl sites for hydroxylation is 1. The third kappa shape index (κ3) is 5.07. The van der Waals surface area contributed by atoms with Gasteiger partial charge in [0, 0.05) is 47.2 Å². The van der Waals surface area contributed by atoms with Gasteiger partial charge >= 0.3 is 0 Å². The van der Waals surface area contributed by atoms with Gasteiger partial charge in [-0.05, 0) is 25.3 Å². The van der Waals surface area contributed by atoms with Crippen LogP contribution in [-0.2, 0) is 17.9 Å². The summed E-state index contributed by atoms with van der Waals surface area (Å²) in [7, 11) is 0. The number of anilines is 2. The highest BCUT2D eigenvalue weighted by atomic mass is 35.5. The number of benzene rings is 1. The Morgan fingerprint density at radius 3 is 2.71 bits per heavy atom. The molecule has 4 aromatic rings. The number of carbonyl (C=O) groups excluding carboxylic acids is 2. The fourth-order valence-corrected chi connectivity index (χ4v) is 5.11. The van der Waals surface area contributed by atoms with E-state index in [9.17, 15) is 27.9 Å². The number of nitrogens with zero attached hydrogens (tertiary/aromatic N) is 7. The van der Waals surface area contributed by atoms with Crippen LogP contribution in [0.25, 0.3) is 11.3 Å². The number of aliphatic hydroxyl groups excluding tert-OH is 1. The van der Waals surface area contributed by atoms with E-state index < -0.39 is 40.9 Å². The average Bonchev–Trinajstić information content (AvgIpc) is 3.50. The predicted octanol–water partition coefficient (Wildman–Crippen LogP) is 3.94. The molecule has 2 aliphatic rings. The first-order valence-electron chi connectivity index (χ1n) is 12.9. The first-order valence-corrected chi connectivity index (χ1v) is 13.2. The second kappa shape index (κ2) is 10.8. The Morgan fingerprint density at radius 1 is 1.21 bits per heavy atom. The molecule has 11 nitrogen and oxygen atoms in total. The number of nitrogens with one attached hydrogen (secondary N) is 1. The molecule has 3 aromatic heterocycles. The minimum Gasteiger partial charge on any atom is -0.390 e. The van der Waals surface area contributed by atoms with Gasteiger partial charge in [-0.15, -0.1) is 0 Å². The van der Waals surface area contributed by atoms with Gasteiger partial charge in [-0.1, -0.05) is 17.7 Å². The van der Waals surface area contributed by atoms with Crippen LogP contribution in [0.1, 0.15) is 45.8 Å². The Hall–Kier alpha value is -4.43. The minimum atomic E-state index is -3.03. The van der Waals surface area contributed by atoms with Crippen LogP contribution < -0.4 is 10.2 Å². The van der Waals surface area contributed by atoms with Gasteiger partial charge in [-0.25, -0.2) is 33.1 Å². The fourth-order valence-electron chi connectivity index (χ4n) is 4.96. The Morgan fingerprint density at radius 2 is 2.02 bits per heavy atom. The number of carbonyl (C=O) groups is 2. The number of halogens is 4. The quantitative estimate of drug-likeness (QED) is 0.311. The van der Waals surface area contributed by atoms with Gasteiger partial charge in [0.1, 0.15) is 0 Å². The van der Waals surface area contributed by atoms with Crippen LogP contribution in [0, 0.1) is 24.6 Å². The van der Waals surface area contributed by atoms with E-state index in [0.717, 1.165) is 30.3 Å². The smallest absolute Gasteiger partial charge is 0.276 e. The van der Waals surface area contributed by atoms with Crippen molar-refractivity contribution >= 4 is 35.1 Å². The van der Waals surface area contributed by atoms with Gasteiger partial charge < -0.3 is 10.4 Å². The molecule has 0 bridgehead atoms. The van der Waals surface area contributed by atoms with Crippen molar-refractivity contribution in [1.29, 1.82) is 0 Å². The monoisotopic (exact) mass is 598 g/mol. The van der Waals surface area contributed by atoms with Crippen molar-refractivity contribution in [1.82, 2.24) is 29.7 Å². The zero-order valence-electron chi connectivity index (χ0n) is 21.9. The van der Waals surface area contributed by atoms with Crippen molar-refractivity contribution in [3.05, 3.63) is 76.0 Å². The zero-order chi connectivity index (χ0) is 29.7. The topological polar surface area (TPSA) is 139 Å². The second-order valence-corrected chi connectivity index (χ2v) is 10.5. The first-order chi connectivity index (χ1) is 20.1. The largest absolute Gasteiger partial charge is 0.390 e. The highest BCUT2D eigenvalue weighted by molar-refractivity contribution is 6.31. The molecule has 216 valence electrons. The molecule has 1 aliphatic carbocycles. The van der Waals surface area contributed by atoms with Crippen LogP contribution in [0.2, 0.25) is 5.02 Å². The molecule has 0 spiro atoms. The molecule has 2 N–H and O–H groups in total. The molecule has 6 rings (SSSR count). The number of aliphatic hydroxyl groups is 1. The molecule has 4 heterocycles. The van der Waals surface area contributed by atoms with Crippen molar-refractivity contribution in [2.45, 2.75) is 32.9 Å². The van der Waals surface area contributed by atoms with E-state index in [-0.39, 0.29) is 35.5 Å². The summed E-state index contributed by atoms with van der Waals surface area (Å²) in [5, 5.41) is 16.3. The molecular weight excluding hydrogens is 577 g/mol. The molecule has 2 atom stereocenters. The molecule has 0 unspecified atom stereocenters. The van der Waals surface area contributed by atoms with Gasteiger partial charge in [-0.2, -0.15) is 5.10 Å². The summed E-state index contributed by atoms with van der Waals surface area (Å²) in [5.74, 6) is -0.910. The lowest BCUT2D eigenvalue weighted by atomic mass is 10.0. The van der Waals surface area contributed by atoms with Crippen molar-refractivity contribution in [3.8, 4) is 11.3 Å². The first kappa shape index (κ1) is 27.7. The maximum atomic E-state index is 14.7. The Labute approximate surface area is 241 Å². The molecule has 1 aliphatic heterocycles. The van der Waals surface area contributed by atoms with E-state index in [1.54, 1.807) is 22.0 Å². The number of hydrogen-bond acceptors (Lipinski definition) is 8. The third-order valence-corrected chi connectivity index (χ3v) is 7.58. The maximum Gasteiger partial charge on any atom is 0.276 e. The van der Waals surface area contributed by atoms with Gasteiger partial charge in [-0.3, -0.25) is 19.2 Å². The van der Waals surface area contributed by atoms with Crippen LogP contribution >= 0.6 is 11.6 Å². The summed E-state index contributed by atoms with van der Waals surface area (Å²) in [6.07, 6.45) is 3.46. The van der Waals surface area contributed by atoms with Crippen LogP contribution in [0.4, 0.5) is 24.8 Å². The highest BCUT2D eigenvalue weighted by Crippen LogP contribution is 2.46.